The predicted molar refractivity (Wildman–Crippen MR) is 92.0 cm³/mol. The Hall–Kier alpha value is -2.38. The number of hydrogen-bond donors (Lipinski definition) is 1. The van der Waals surface area contributed by atoms with Gasteiger partial charge in [0.15, 0.2) is 5.13 Å². The Kier molecular flexibility index (Phi) is 4.78. The van der Waals surface area contributed by atoms with Gasteiger partial charge in [-0.15, -0.1) is 11.3 Å². The van der Waals surface area contributed by atoms with Crippen LogP contribution in [0.3, 0.4) is 0 Å². The van der Waals surface area contributed by atoms with E-state index in [0.29, 0.717) is 10.7 Å². The highest BCUT2D eigenvalue weighted by molar-refractivity contribution is 7.14. The highest BCUT2D eigenvalue weighted by atomic mass is 35.5. The van der Waals surface area contributed by atoms with Gasteiger partial charge in [-0.2, -0.15) is 13.2 Å². The van der Waals surface area contributed by atoms with E-state index in [1.165, 1.54) is 23.5 Å². The zero-order chi connectivity index (χ0) is 18.0. The number of aromatic nitrogens is 1. The SMILES string of the molecule is O=C(Nc1nc(-c2cccc(Cl)c2)cs1)c1cccc(C(F)(F)F)c1. The van der Waals surface area contributed by atoms with E-state index < -0.39 is 17.6 Å². The lowest BCUT2D eigenvalue weighted by molar-refractivity contribution is -0.137. The Labute approximate surface area is 150 Å². The maximum Gasteiger partial charge on any atom is 0.416 e. The monoisotopic (exact) mass is 382 g/mol. The van der Waals surface area contributed by atoms with E-state index in [1.807, 2.05) is 6.07 Å². The summed E-state index contributed by atoms with van der Waals surface area (Å²) in [6.07, 6.45) is -4.50. The molecule has 0 aliphatic heterocycles. The lowest BCUT2D eigenvalue weighted by Crippen LogP contribution is -2.13. The van der Waals surface area contributed by atoms with Gasteiger partial charge in [0.1, 0.15) is 0 Å². The standard InChI is InChI=1S/C17H10ClF3N2OS/c18-13-6-2-3-10(8-13)14-9-25-16(22-14)23-15(24)11-4-1-5-12(7-11)17(19,20)21/h1-9H,(H,22,23,24). The molecule has 1 heterocycles. The fraction of sp³-hybridized carbons (Fsp3) is 0.0588. The van der Waals surface area contributed by atoms with E-state index >= 15 is 0 Å². The number of hydrogen-bond acceptors (Lipinski definition) is 3. The van der Waals surface area contributed by atoms with Crippen LogP contribution in [0, 0.1) is 0 Å². The van der Waals surface area contributed by atoms with Crippen LogP contribution in [0.15, 0.2) is 53.9 Å². The second-order valence-corrected chi connectivity index (χ2v) is 6.38. The lowest BCUT2D eigenvalue weighted by Gasteiger charge is -2.08. The Morgan fingerprint density at radius 2 is 1.88 bits per heavy atom. The van der Waals surface area contributed by atoms with Gasteiger partial charge >= 0.3 is 6.18 Å². The molecule has 0 aliphatic rings. The normalized spacial score (nSPS) is 11.4. The molecule has 0 atom stereocenters. The van der Waals surface area contributed by atoms with Crippen LogP contribution in [0.2, 0.25) is 5.02 Å². The van der Waals surface area contributed by atoms with Crippen LogP contribution in [0.25, 0.3) is 11.3 Å². The molecule has 0 radical (unpaired) electrons. The second-order valence-electron chi connectivity index (χ2n) is 5.08. The summed E-state index contributed by atoms with van der Waals surface area (Å²) >= 11 is 7.11. The highest BCUT2D eigenvalue weighted by Gasteiger charge is 2.30. The number of halogens is 4. The van der Waals surface area contributed by atoms with Gasteiger partial charge in [-0.05, 0) is 30.3 Å². The van der Waals surface area contributed by atoms with Crippen molar-refractivity contribution in [2.45, 2.75) is 6.18 Å². The molecule has 1 N–H and O–H groups in total. The molecule has 3 aromatic rings. The molecule has 8 heteroatoms. The summed E-state index contributed by atoms with van der Waals surface area (Å²) in [6.45, 7) is 0. The van der Waals surface area contributed by atoms with Crippen LogP contribution >= 0.6 is 22.9 Å². The highest BCUT2D eigenvalue weighted by Crippen LogP contribution is 2.30. The van der Waals surface area contributed by atoms with E-state index in [9.17, 15) is 18.0 Å². The molecular weight excluding hydrogens is 373 g/mol. The van der Waals surface area contributed by atoms with Gasteiger partial charge in [0.2, 0.25) is 0 Å². The number of benzene rings is 2. The molecule has 0 fully saturated rings. The van der Waals surface area contributed by atoms with Gasteiger partial charge in [-0.3, -0.25) is 10.1 Å². The number of carbonyl (C=O) groups is 1. The third kappa shape index (κ3) is 4.18. The number of anilines is 1. The van der Waals surface area contributed by atoms with Crippen LogP contribution in [0.5, 0.6) is 0 Å². The molecule has 0 saturated carbocycles. The number of rotatable bonds is 3. The summed E-state index contributed by atoms with van der Waals surface area (Å²) in [7, 11) is 0. The van der Waals surface area contributed by atoms with E-state index in [-0.39, 0.29) is 10.7 Å². The zero-order valence-corrected chi connectivity index (χ0v) is 14.0. The van der Waals surface area contributed by atoms with E-state index in [2.05, 4.69) is 10.3 Å². The number of alkyl halides is 3. The molecule has 25 heavy (non-hydrogen) atoms. The third-order valence-corrected chi connectivity index (χ3v) is 4.29. The number of nitrogens with zero attached hydrogens (tertiary/aromatic N) is 1. The number of thiazole rings is 1. The molecular formula is C17H10ClF3N2OS. The van der Waals surface area contributed by atoms with Crippen LogP contribution in [0.1, 0.15) is 15.9 Å². The van der Waals surface area contributed by atoms with Gasteiger partial charge in [0.05, 0.1) is 11.3 Å². The largest absolute Gasteiger partial charge is 0.416 e. The molecule has 3 nitrogen and oxygen atoms in total. The molecule has 0 saturated heterocycles. The van der Waals surface area contributed by atoms with Crippen molar-refractivity contribution in [2.24, 2.45) is 0 Å². The summed E-state index contributed by atoms with van der Waals surface area (Å²) < 4.78 is 38.2. The fourth-order valence-corrected chi connectivity index (χ4v) is 3.02. The molecule has 0 aliphatic carbocycles. The van der Waals surface area contributed by atoms with Gasteiger partial charge in [-0.25, -0.2) is 4.98 Å². The smallest absolute Gasteiger partial charge is 0.298 e. The zero-order valence-electron chi connectivity index (χ0n) is 12.5. The van der Waals surface area contributed by atoms with E-state index in [1.54, 1.807) is 23.6 Å². The minimum absolute atomic E-state index is 0.0886. The van der Waals surface area contributed by atoms with Crippen LogP contribution in [0.4, 0.5) is 18.3 Å². The summed E-state index contributed by atoms with van der Waals surface area (Å²) in [5.41, 5.74) is 0.434. The summed E-state index contributed by atoms with van der Waals surface area (Å²) in [5.74, 6) is -0.655. The molecule has 0 bridgehead atoms. The molecule has 3 rings (SSSR count). The van der Waals surface area contributed by atoms with Crippen molar-refractivity contribution >= 4 is 34.0 Å². The van der Waals surface area contributed by atoms with Crippen LogP contribution in [-0.4, -0.2) is 10.9 Å². The first-order valence-electron chi connectivity index (χ1n) is 7.03. The number of carbonyl (C=O) groups excluding carboxylic acids is 1. The van der Waals surface area contributed by atoms with Crippen molar-refractivity contribution in [1.82, 2.24) is 4.98 Å². The fourth-order valence-electron chi connectivity index (χ4n) is 2.12. The maximum absolute atomic E-state index is 12.7. The van der Waals surface area contributed by atoms with E-state index in [0.717, 1.165) is 17.7 Å². The van der Waals surface area contributed by atoms with Gasteiger partial charge in [0, 0.05) is 21.5 Å². The maximum atomic E-state index is 12.7. The molecule has 0 unspecified atom stereocenters. The summed E-state index contributed by atoms with van der Waals surface area (Å²) in [5, 5.41) is 5.08. The second kappa shape index (κ2) is 6.85. The Balaban J connectivity index is 1.78. The van der Waals surface area contributed by atoms with E-state index in [4.69, 9.17) is 11.6 Å². The summed E-state index contributed by atoms with van der Waals surface area (Å²) in [6, 6.07) is 11.3. The third-order valence-electron chi connectivity index (χ3n) is 3.30. The van der Waals surface area contributed by atoms with Crippen molar-refractivity contribution in [3.8, 4) is 11.3 Å². The molecule has 0 spiro atoms. The van der Waals surface area contributed by atoms with Crippen molar-refractivity contribution in [3.63, 3.8) is 0 Å². The first-order chi connectivity index (χ1) is 11.8. The quantitative estimate of drug-likeness (QED) is 0.628. The Morgan fingerprint density at radius 1 is 1.12 bits per heavy atom. The molecule has 128 valence electrons. The van der Waals surface area contributed by atoms with Gasteiger partial charge in [0.25, 0.3) is 5.91 Å². The van der Waals surface area contributed by atoms with Gasteiger partial charge < -0.3 is 0 Å². The first kappa shape index (κ1) is 17.4. The minimum Gasteiger partial charge on any atom is -0.298 e. The Morgan fingerprint density at radius 3 is 2.60 bits per heavy atom. The first-order valence-corrected chi connectivity index (χ1v) is 8.29. The predicted octanol–water partition coefficient (Wildman–Crippen LogP) is 5.73. The van der Waals surface area contributed by atoms with Crippen molar-refractivity contribution in [1.29, 1.82) is 0 Å². The van der Waals surface area contributed by atoms with Crippen molar-refractivity contribution in [3.05, 3.63) is 70.1 Å². The average molecular weight is 383 g/mol. The topological polar surface area (TPSA) is 42.0 Å². The number of amides is 1. The van der Waals surface area contributed by atoms with Crippen molar-refractivity contribution < 1.29 is 18.0 Å². The Bertz CT molecular complexity index is 924. The number of nitrogens with one attached hydrogen (secondary N) is 1. The molecule has 2 aromatic carbocycles. The molecule has 1 amide bonds. The molecule has 1 aromatic heterocycles. The minimum atomic E-state index is -4.50. The van der Waals surface area contributed by atoms with Crippen LogP contribution in [-0.2, 0) is 6.18 Å². The summed E-state index contributed by atoms with van der Waals surface area (Å²) in [4.78, 5) is 16.4. The van der Waals surface area contributed by atoms with Crippen LogP contribution < -0.4 is 5.32 Å². The lowest BCUT2D eigenvalue weighted by atomic mass is 10.1. The van der Waals surface area contributed by atoms with Crippen molar-refractivity contribution in [2.75, 3.05) is 5.32 Å². The average Bonchev–Trinajstić information content (AvgIpc) is 3.03. The van der Waals surface area contributed by atoms with Gasteiger partial charge in [-0.1, -0.05) is 29.8 Å².